The van der Waals surface area contributed by atoms with Crippen molar-refractivity contribution in [1.82, 2.24) is 0 Å². The lowest BCUT2D eigenvalue weighted by Crippen LogP contribution is -2.13. The van der Waals surface area contributed by atoms with E-state index in [2.05, 4.69) is 6.92 Å². The van der Waals surface area contributed by atoms with Gasteiger partial charge in [0, 0.05) is 13.7 Å². The van der Waals surface area contributed by atoms with Gasteiger partial charge in [-0.25, -0.2) is 0 Å². The van der Waals surface area contributed by atoms with Gasteiger partial charge in [-0.2, -0.15) is 0 Å². The van der Waals surface area contributed by atoms with Crippen LogP contribution < -0.4 is 0 Å². The van der Waals surface area contributed by atoms with E-state index >= 15 is 0 Å². The van der Waals surface area contributed by atoms with E-state index in [4.69, 9.17) is 23.7 Å². The van der Waals surface area contributed by atoms with Gasteiger partial charge in [0.05, 0.1) is 52.9 Å². The fraction of sp³-hybridized carbons (Fsp3) is 1.00. The molecule has 0 atom stereocenters. The van der Waals surface area contributed by atoms with Crippen molar-refractivity contribution in [2.45, 2.75) is 45.4 Å². The molecule has 0 aliphatic heterocycles. The molecular formula is C17H36O5. The Bertz CT molecular complexity index is 170. The molecule has 0 radical (unpaired) electrons. The molecule has 22 heavy (non-hydrogen) atoms. The molecule has 0 amide bonds. The number of hydrogen-bond donors (Lipinski definition) is 0. The first kappa shape index (κ1) is 21.8. The summed E-state index contributed by atoms with van der Waals surface area (Å²) in [6.07, 6.45) is 7.79. The number of hydrogen-bond acceptors (Lipinski definition) is 5. The summed E-state index contributed by atoms with van der Waals surface area (Å²) in [6, 6.07) is 0. The maximum atomic E-state index is 5.53. The molecule has 0 aromatic carbocycles. The maximum absolute atomic E-state index is 5.53. The van der Waals surface area contributed by atoms with Crippen molar-refractivity contribution >= 4 is 0 Å². The van der Waals surface area contributed by atoms with Gasteiger partial charge in [-0.1, -0.05) is 39.0 Å². The summed E-state index contributed by atoms with van der Waals surface area (Å²) >= 11 is 0. The molecule has 0 heterocycles. The average molecular weight is 320 g/mol. The molecule has 5 nitrogen and oxygen atoms in total. The third-order valence-corrected chi connectivity index (χ3v) is 3.19. The minimum Gasteiger partial charge on any atom is -0.382 e. The van der Waals surface area contributed by atoms with Crippen LogP contribution >= 0.6 is 0 Å². The molecule has 0 fully saturated rings. The van der Waals surface area contributed by atoms with Crippen LogP contribution in [0.2, 0.25) is 0 Å². The van der Waals surface area contributed by atoms with E-state index in [1.54, 1.807) is 7.11 Å². The zero-order chi connectivity index (χ0) is 16.1. The van der Waals surface area contributed by atoms with Crippen LogP contribution in [0.1, 0.15) is 45.4 Å². The summed E-state index contributed by atoms with van der Waals surface area (Å²) in [4.78, 5) is 0. The first-order valence-corrected chi connectivity index (χ1v) is 8.71. The van der Waals surface area contributed by atoms with Gasteiger partial charge >= 0.3 is 0 Å². The van der Waals surface area contributed by atoms with Crippen molar-refractivity contribution in [3.8, 4) is 0 Å². The van der Waals surface area contributed by atoms with Crippen LogP contribution in [0.3, 0.4) is 0 Å². The highest BCUT2D eigenvalue weighted by molar-refractivity contribution is 4.43. The molecule has 0 aliphatic rings. The van der Waals surface area contributed by atoms with Gasteiger partial charge in [-0.15, -0.1) is 0 Å². The molecule has 0 aliphatic carbocycles. The fourth-order valence-electron chi connectivity index (χ4n) is 1.89. The van der Waals surface area contributed by atoms with Crippen LogP contribution in [0, 0.1) is 0 Å². The van der Waals surface area contributed by atoms with Crippen molar-refractivity contribution in [1.29, 1.82) is 0 Å². The Balaban J connectivity index is 2.91. The predicted molar refractivity (Wildman–Crippen MR) is 88.5 cm³/mol. The van der Waals surface area contributed by atoms with Crippen LogP contribution in [0.25, 0.3) is 0 Å². The van der Waals surface area contributed by atoms with Gasteiger partial charge in [-0.3, -0.25) is 0 Å². The van der Waals surface area contributed by atoms with Crippen molar-refractivity contribution in [2.75, 3.05) is 66.6 Å². The second kappa shape index (κ2) is 20.8. The predicted octanol–water partition coefficient (Wildman–Crippen LogP) is 3.06. The third kappa shape index (κ3) is 19.8. The number of rotatable bonds is 19. The summed E-state index contributed by atoms with van der Waals surface area (Å²) in [5.74, 6) is 0. The summed E-state index contributed by atoms with van der Waals surface area (Å²) in [7, 11) is 1.66. The molecule has 0 aromatic heterocycles. The van der Waals surface area contributed by atoms with Crippen LogP contribution in [-0.2, 0) is 23.7 Å². The molecule has 0 rings (SSSR count). The van der Waals surface area contributed by atoms with Crippen molar-refractivity contribution in [3.05, 3.63) is 0 Å². The van der Waals surface area contributed by atoms with E-state index in [0.717, 1.165) is 13.0 Å². The van der Waals surface area contributed by atoms with E-state index in [1.807, 2.05) is 0 Å². The Morgan fingerprint density at radius 2 is 0.864 bits per heavy atom. The lowest BCUT2D eigenvalue weighted by molar-refractivity contribution is -0.00800. The van der Waals surface area contributed by atoms with Gasteiger partial charge in [0.2, 0.25) is 0 Å². The topological polar surface area (TPSA) is 46.2 Å². The standard InChI is InChI=1S/C17H36O5/c1-3-4-5-6-7-8-9-19-12-13-21-16-17-22-15-14-20-11-10-18-2/h3-17H2,1-2H3. The molecule has 0 aromatic rings. The van der Waals surface area contributed by atoms with Crippen LogP contribution in [0.15, 0.2) is 0 Å². The highest BCUT2D eigenvalue weighted by atomic mass is 16.6. The monoisotopic (exact) mass is 320 g/mol. The minimum absolute atomic E-state index is 0.599. The molecule has 0 N–H and O–H groups in total. The van der Waals surface area contributed by atoms with Crippen molar-refractivity contribution in [2.24, 2.45) is 0 Å². The lowest BCUT2D eigenvalue weighted by atomic mass is 10.1. The van der Waals surface area contributed by atoms with E-state index in [9.17, 15) is 0 Å². The second-order valence-electron chi connectivity index (χ2n) is 5.21. The zero-order valence-electron chi connectivity index (χ0n) is 14.6. The molecule has 5 heteroatoms. The van der Waals surface area contributed by atoms with E-state index in [1.165, 1.54) is 32.1 Å². The first-order chi connectivity index (χ1) is 10.9. The van der Waals surface area contributed by atoms with Gasteiger partial charge in [0.25, 0.3) is 0 Å². The fourth-order valence-corrected chi connectivity index (χ4v) is 1.89. The van der Waals surface area contributed by atoms with Crippen LogP contribution in [0.5, 0.6) is 0 Å². The van der Waals surface area contributed by atoms with Crippen molar-refractivity contribution < 1.29 is 23.7 Å². The molecule has 0 unspecified atom stereocenters. The van der Waals surface area contributed by atoms with Gasteiger partial charge < -0.3 is 23.7 Å². The number of unbranched alkanes of at least 4 members (excludes halogenated alkanes) is 5. The molecule has 0 spiro atoms. The summed E-state index contributed by atoms with van der Waals surface area (Å²) in [5, 5.41) is 0. The first-order valence-electron chi connectivity index (χ1n) is 8.71. The lowest BCUT2D eigenvalue weighted by Gasteiger charge is -2.07. The summed E-state index contributed by atoms with van der Waals surface area (Å²) in [6.45, 7) is 8.07. The summed E-state index contributed by atoms with van der Waals surface area (Å²) < 4.78 is 26.5. The minimum atomic E-state index is 0.599. The van der Waals surface area contributed by atoms with Crippen molar-refractivity contribution in [3.63, 3.8) is 0 Å². The third-order valence-electron chi connectivity index (χ3n) is 3.19. The highest BCUT2D eigenvalue weighted by Gasteiger charge is 1.93. The van der Waals surface area contributed by atoms with Crippen LogP contribution in [0.4, 0.5) is 0 Å². The zero-order valence-corrected chi connectivity index (χ0v) is 14.6. The Hall–Kier alpha value is -0.200. The number of ether oxygens (including phenoxy) is 5. The molecular weight excluding hydrogens is 284 g/mol. The second-order valence-corrected chi connectivity index (χ2v) is 5.21. The SMILES string of the molecule is CCCCCCCCOCCOCCOCCOCCOC. The Morgan fingerprint density at radius 1 is 0.455 bits per heavy atom. The maximum Gasteiger partial charge on any atom is 0.0701 e. The highest BCUT2D eigenvalue weighted by Crippen LogP contribution is 2.04. The van der Waals surface area contributed by atoms with E-state index in [0.29, 0.717) is 52.9 Å². The Kier molecular flexibility index (Phi) is 20.6. The summed E-state index contributed by atoms with van der Waals surface area (Å²) in [5.41, 5.74) is 0. The van der Waals surface area contributed by atoms with Crippen LogP contribution in [-0.4, -0.2) is 66.6 Å². The van der Waals surface area contributed by atoms with E-state index in [-0.39, 0.29) is 0 Å². The molecule has 134 valence electrons. The molecule has 0 bridgehead atoms. The largest absolute Gasteiger partial charge is 0.382 e. The van der Waals surface area contributed by atoms with Gasteiger partial charge in [-0.05, 0) is 6.42 Å². The normalized spacial score (nSPS) is 11.2. The smallest absolute Gasteiger partial charge is 0.0701 e. The molecule has 0 saturated heterocycles. The average Bonchev–Trinajstić information content (AvgIpc) is 2.54. The van der Waals surface area contributed by atoms with E-state index < -0.39 is 0 Å². The number of methoxy groups -OCH3 is 1. The molecule has 0 saturated carbocycles. The van der Waals surface area contributed by atoms with Gasteiger partial charge in [0.1, 0.15) is 0 Å². The quantitative estimate of drug-likeness (QED) is 0.342. The van der Waals surface area contributed by atoms with Gasteiger partial charge in [0.15, 0.2) is 0 Å². The Labute approximate surface area is 136 Å². The Morgan fingerprint density at radius 3 is 1.36 bits per heavy atom.